The molecule has 1 N–H and O–H groups in total. The molecular weight excluding hydrogens is 469 g/mol. The highest BCUT2D eigenvalue weighted by molar-refractivity contribution is 5.89. The molecule has 1 aromatic heterocycles. The highest BCUT2D eigenvalue weighted by atomic mass is 19.1. The lowest BCUT2D eigenvalue weighted by Gasteiger charge is -2.14. The third-order valence-electron chi connectivity index (χ3n) is 5.41. The van der Waals surface area contributed by atoms with Gasteiger partial charge in [-0.3, -0.25) is 4.79 Å². The zero-order chi connectivity index (χ0) is 26.2. The lowest BCUT2D eigenvalue weighted by molar-refractivity contribution is -0.143. The first kappa shape index (κ1) is 26.3. The second-order valence-electron chi connectivity index (χ2n) is 7.71. The Morgan fingerprint density at radius 2 is 1.64 bits per heavy atom. The molecule has 0 atom stereocenters. The van der Waals surface area contributed by atoms with Crippen molar-refractivity contribution in [3.63, 3.8) is 0 Å². The Labute approximate surface area is 208 Å². The quantitative estimate of drug-likeness (QED) is 0.338. The van der Waals surface area contributed by atoms with Gasteiger partial charge in [0.1, 0.15) is 11.6 Å². The van der Waals surface area contributed by atoms with Crippen molar-refractivity contribution in [1.29, 1.82) is 0 Å². The molecule has 1 amide bonds. The van der Waals surface area contributed by atoms with E-state index in [0.717, 1.165) is 11.3 Å². The van der Waals surface area contributed by atoms with Crippen LogP contribution in [0.5, 0.6) is 17.2 Å². The van der Waals surface area contributed by atoms with Crippen LogP contribution in [0.4, 0.5) is 4.39 Å². The number of amides is 1. The van der Waals surface area contributed by atoms with E-state index in [2.05, 4.69) is 10.4 Å². The van der Waals surface area contributed by atoms with E-state index in [1.165, 1.54) is 39.5 Å². The fourth-order valence-electron chi connectivity index (χ4n) is 3.54. The molecule has 0 aliphatic heterocycles. The fourth-order valence-corrected chi connectivity index (χ4v) is 3.54. The number of hydrogen-bond acceptors (Lipinski definition) is 7. The molecule has 190 valence electrons. The SMILES string of the molecule is COc1cc(OC)c(OC)cc1CNC(=O)COC(=O)/C=C/c1c(C)nn(-c2ccc(F)cc2)c1C. The van der Waals surface area contributed by atoms with Crippen LogP contribution < -0.4 is 19.5 Å². The van der Waals surface area contributed by atoms with Crippen molar-refractivity contribution in [3.05, 3.63) is 70.8 Å². The summed E-state index contributed by atoms with van der Waals surface area (Å²) in [7, 11) is 4.53. The van der Waals surface area contributed by atoms with E-state index in [-0.39, 0.29) is 12.4 Å². The molecule has 0 bridgehead atoms. The van der Waals surface area contributed by atoms with Crippen LogP contribution in [0, 0.1) is 19.7 Å². The summed E-state index contributed by atoms with van der Waals surface area (Å²) in [5.41, 5.74) is 3.54. The van der Waals surface area contributed by atoms with Gasteiger partial charge >= 0.3 is 5.97 Å². The van der Waals surface area contributed by atoms with Crippen LogP contribution in [-0.4, -0.2) is 49.6 Å². The third-order valence-corrected chi connectivity index (χ3v) is 5.41. The van der Waals surface area contributed by atoms with E-state index >= 15 is 0 Å². The number of carbonyl (C=O) groups is 2. The fraction of sp³-hybridized carbons (Fsp3) is 0.269. The summed E-state index contributed by atoms with van der Waals surface area (Å²) in [5.74, 6) is 0.00776. The summed E-state index contributed by atoms with van der Waals surface area (Å²) in [6, 6.07) is 9.30. The molecule has 1 heterocycles. The van der Waals surface area contributed by atoms with Crippen molar-refractivity contribution in [2.24, 2.45) is 0 Å². The third kappa shape index (κ3) is 6.21. The topological polar surface area (TPSA) is 101 Å². The van der Waals surface area contributed by atoms with Gasteiger partial charge < -0.3 is 24.3 Å². The molecule has 0 saturated carbocycles. The standard InChI is InChI=1S/C26H28FN3O6/c1-16-21(17(2)30(29-16)20-8-6-19(27)7-9-20)10-11-26(32)36-15-25(31)28-14-18-12-23(34-4)24(35-5)13-22(18)33-3/h6-13H,14-15H2,1-5H3,(H,28,31)/b11-10+. The van der Waals surface area contributed by atoms with Gasteiger partial charge in [-0.05, 0) is 50.3 Å². The summed E-state index contributed by atoms with van der Waals surface area (Å²) >= 11 is 0. The summed E-state index contributed by atoms with van der Waals surface area (Å²) in [4.78, 5) is 24.4. The normalized spacial score (nSPS) is 10.8. The van der Waals surface area contributed by atoms with Crippen LogP contribution in [0.1, 0.15) is 22.5 Å². The Bertz CT molecular complexity index is 1270. The molecule has 3 aromatic rings. The predicted molar refractivity (Wildman–Crippen MR) is 131 cm³/mol. The zero-order valence-electron chi connectivity index (χ0n) is 20.8. The van der Waals surface area contributed by atoms with Gasteiger partial charge in [-0.25, -0.2) is 13.9 Å². The van der Waals surface area contributed by atoms with Crippen molar-refractivity contribution in [1.82, 2.24) is 15.1 Å². The van der Waals surface area contributed by atoms with Gasteiger partial charge in [0.05, 0.1) is 32.7 Å². The minimum absolute atomic E-state index is 0.136. The van der Waals surface area contributed by atoms with Crippen LogP contribution >= 0.6 is 0 Å². The van der Waals surface area contributed by atoms with E-state index in [1.54, 1.807) is 41.9 Å². The van der Waals surface area contributed by atoms with Crippen LogP contribution in [0.15, 0.2) is 42.5 Å². The van der Waals surface area contributed by atoms with Gasteiger partial charge in [0.15, 0.2) is 18.1 Å². The van der Waals surface area contributed by atoms with Crippen molar-refractivity contribution < 1.29 is 32.9 Å². The lowest BCUT2D eigenvalue weighted by atomic mass is 10.1. The maximum Gasteiger partial charge on any atom is 0.331 e. The highest BCUT2D eigenvalue weighted by Gasteiger charge is 2.14. The van der Waals surface area contributed by atoms with Crippen LogP contribution in [0.3, 0.4) is 0 Å². The van der Waals surface area contributed by atoms with Gasteiger partial charge in [0.2, 0.25) is 0 Å². The number of nitrogens with one attached hydrogen (secondary N) is 1. The van der Waals surface area contributed by atoms with E-state index in [4.69, 9.17) is 18.9 Å². The first-order valence-electron chi connectivity index (χ1n) is 11.0. The van der Waals surface area contributed by atoms with Crippen molar-refractivity contribution in [2.75, 3.05) is 27.9 Å². The summed E-state index contributed by atoms with van der Waals surface area (Å²) in [5, 5.41) is 7.13. The van der Waals surface area contributed by atoms with Gasteiger partial charge in [-0.1, -0.05) is 0 Å². The second kappa shape index (κ2) is 11.9. The number of methoxy groups -OCH3 is 3. The molecule has 3 rings (SSSR count). The van der Waals surface area contributed by atoms with Gasteiger partial charge in [0.25, 0.3) is 5.91 Å². The van der Waals surface area contributed by atoms with Crippen LogP contribution in [0.2, 0.25) is 0 Å². The average Bonchev–Trinajstić information content (AvgIpc) is 3.17. The maximum atomic E-state index is 13.2. The lowest BCUT2D eigenvalue weighted by Crippen LogP contribution is -2.28. The Morgan fingerprint density at radius 3 is 2.28 bits per heavy atom. The highest BCUT2D eigenvalue weighted by Crippen LogP contribution is 2.34. The number of halogens is 1. The molecule has 0 aliphatic carbocycles. The van der Waals surface area contributed by atoms with E-state index in [9.17, 15) is 14.0 Å². The average molecular weight is 498 g/mol. The minimum atomic E-state index is -0.679. The predicted octanol–water partition coefficient (Wildman–Crippen LogP) is 3.53. The molecule has 0 unspecified atom stereocenters. The number of nitrogens with zero attached hydrogens (tertiary/aromatic N) is 2. The number of benzene rings is 2. The Kier molecular flexibility index (Phi) is 8.66. The summed E-state index contributed by atoms with van der Waals surface area (Å²) in [6.07, 6.45) is 2.81. The molecule has 0 radical (unpaired) electrons. The molecule has 10 heteroatoms. The number of ether oxygens (including phenoxy) is 4. The van der Waals surface area contributed by atoms with Crippen LogP contribution in [-0.2, 0) is 20.9 Å². The summed E-state index contributed by atoms with van der Waals surface area (Å²) in [6.45, 7) is 3.32. The van der Waals surface area contributed by atoms with Gasteiger partial charge in [-0.15, -0.1) is 0 Å². The Morgan fingerprint density at radius 1 is 1.00 bits per heavy atom. The number of aryl methyl sites for hydroxylation is 1. The Hall–Kier alpha value is -4.34. The monoisotopic (exact) mass is 497 g/mol. The number of hydrogen-bond donors (Lipinski definition) is 1. The molecule has 9 nitrogen and oxygen atoms in total. The van der Waals surface area contributed by atoms with Gasteiger partial charge in [0, 0.05) is 35.5 Å². The number of esters is 1. The van der Waals surface area contributed by atoms with Crippen molar-refractivity contribution in [3.8, 4) is 22.9 Å². The number of aromatic nitrogens is 2. The molecule has 0 aliphatic rings. The molecule has 2 aromatic carbocycles. The first-order valence-corrected chi connectivity index (χ1v) is 11.0. The minimum Gasteiger partial charge on any atom is -0.496 e. The zero-order valence-corrected chi connectivity index (χ0v) is 20.8. The molecule has 0 saturated heterocycles. The molecule has 0 spiro atoms. The van der Waals surface area contributed by atoms with E-state index in [1.807, 2.05) is 6.92 Å². The Balaban J connectivity index is 1.57. The maximum absolute atomic E-state index is 13.2. The molecule has 0 fully saturated rings. The largest absolute Gasteiger partial charge is 0.496 e. The van der Waals surface area contributed by atoms with Crippen LogP contribution in [0.25, 0.3) is 11.8 Å². The van der Waals surface area contributed by atoms with E-state index < -0.39 is 18.5 Å². The van der Waals surface area contributed by atoms with Gasteiger partial charge in [-0.2, -0.15) is 5.10 Å². The molecule has 36 heavy (non-hydrogen) atoms. The molecular formula is C26H28FN3O6. The number of carbonyl (C=O) groups excluding carboxylic acids is 2. The first-order chi connectivity index (χ1) is 17.3. The smallest absolute Gasteiger partial charge is 0.331 e. The van der Waals surface area contributed by atoms with Crippen molar-refractivity contribution >= 4 is 18.0 Å². The summed E-state index contributed by atoms with van der Waals surface area (Å²) < 4.78 is 35.8. The second-order valence-corrected chi connectivity index (χ2v) is 7.71. The van der Waals surface area contributed by atoms with E-state index in [0.29, 0.717) is 34.2 Å². The van der Waals surface area contributed by atoms with Crippen molar-refractivity contribution in [2.45, 2.75) is 20.4 Å². The number of rotatable bonds is 10.